The van der Waals surface area contributed by atoms with Crippen molar-refractivity contribution in [3.05, 3.63) is 0 Å². The molecule has 2 atom stereocenters. The number of aliphatic hydroxyl groups is 1. The molecule has 0 aromatic heterocycles. The first-order valence-corrected chi connectivity index (χ1v) is 9.53. The van der Waals surface area contributed by atoms with Crippen LogP contribution in [0.2, 0.25) is 0 Å². The highest BCUT2D eigenvalue weighted by Gasteiger charge is 2.26. The Kier molecular flexibility index (Phi) is 11.7. The number of carbonyl (C=O) groups is 1. The Labute approximate surface area is 136 Å². The summed E-state index contributed by atoms with van der Waals surface area (Å²) in [5.74, 6) is 0.151. The molecule has 0 radical (unpaired) electrons. The number of hydrogen-bond donors (Lipinski definition) is 1. The Hall–Kier alpha value is -0.410. The Morgan fingerprint density at radius 3 is 2.00 bits per heavy atom. The first kappa shape index (κ1) is 19.6. The lowest BCUT2D eigenvalue weighted by Crippen LogP contribution is -2.14. The maximum Gasteiger partial charge on any atom is 0.138 e. The molecule has 1 heterocycles. The summed E-state index contributed by atoms with van der Waals surface area (Å²) < 4.78 is 5.03. The van der Waals surface area contributed by atoms with E-state index in [1.165, 1.54) is 64.2 Å². The van der Waals surface area contributed by atoms with Crippen molar-refractivity contribution < 1.29 is 14.6 Å². The molecule has 3 heteroatoms. The van der Waals surface area contributed by atoms with Crippen LogP contribution in [0.1, 0.15) is 96.8 Å². The number of ether oxygens (including phenoxy) is 1. The van der Waals surface area contributed by atoms with Crippen LogP contribution in [0.25, 0.3) is 0 Å². The highest BCUT2D eigenvalue weighted by molar-refractivity contribution is 5.79. The minimum atomic E-state index is -0.440. The lowest BCUT2D eigenvalue weighted by molar-refractivity contribution is -0.121. The van der Waals surface area contributed by atoms with Crippen LogP contribution in [0.15, 0.2) is 0 Å². The van der Waals surface area contributed by atoms with Crippen molar-refractivity contribution >= 4 is 5.78 Å². The van der Waals surface area contributed by atoms with Gasteiger partial charge in [-0.1, -0.05) is 77.6 Å². The second kappa shape index (κ2) is 13.1. The summed E-state index contributed by atoms with van der Waals surface area (Å²) in [5, 5.41) is 9.83. The van der Waals surface area contributed by atoms with Gasteiger partial charge in [0.2, 0.25) is 0 Å². The third-order valence-electron chi connectivity index (χ3n) is 4.46. The van der Waals surface area contributed by atoms with E-state index in [1.54, 1.807) is 0 Å². The summed E-state index contributed by atoms with van der Waals surface area (Å²) in [6, 6.07) is 0. The number of hydrogen-bond acceptors (Lipinski definition) is 3. The van der Waals surface area contributed by atoms with Crippen LogP contribution in [0, 0.1) is 0 Å². The van der Waals surface area contributed by atoms with Gasteiger partial charge in [0.25, 0.3) is 0 Å². The zero-order valence-corrected chi connectivity index (χ0v) is 14.5. The van der Waals surface area contributed by atoms with E-state index in [9.17, 15) is 9.90 Å². The molecule has 1 saturated heterocycles. The fourth-order valence-corrected chi connectivity index (χ4v) is 2.93. The maximum atomic E-state index is 11.6. The van der Waals surface area contributed by atoms with E-state index in [1.807, 2.05) is 0 Å². The number of Topliss-reactive ketones (excluding diaryl/α,β-unsaturated/α-hetero) is 1. The fourth-order valence-electron chi connectivity index (χ4n) is 2.93. The summed E-state index contributed by atoms with van der Waals surface area (Å²) in [5.41, 5.74) is 0. The monoisotopic (exact) mass is 312 g/mol. The second-order valence-electron chi connectivity index (χ2n) is 6.88. The molecule has 0 aromatic carbocycles. The summed E-state index contributed by atoms with van der Waals surface area (Å²) in [4.78, 5) is 11.6. The van der Waals surface area contributed by atoms with E-state index in [4.69, 9.17) is 4.74 Å². The van der Waals surface area contributed by atoms with Crippen LogP contribution in [0.4, 0.5) is 0 Å². The van der Waals surface area contributed by atoms with Crippen LogP contribution >= 0.6 is 0 Å². The standard InChI is InChI=1S/C19H36O3/c1-2-3-4-5-6-7-8-9-10-11-12-13-17(20)14-18(21)15-19-16-22-19/h17,19-20H,2-16H2,1H3/t17-,19-/m1/s1. The van der Waals surface area contributed by atoms with Crippen molar-refractivity contribution in [2.24, 2.45) is 0 Å². The molecule has 0 aromatic rings. The number of ketones is 1. The Balaban J connectivity index is 1.77. The predicted octanol–water partition coefficient (Wildman–Crippen LogP) is 4.80. The van der Waals surface area contributed by atoms with E-state index in [2.05, 4.69) is 6.92 Å². The summed E-state index contributed by atoms with van der Waals surface area (Å²) in [6.45, 7) is 2.98. The molecule has 0 amide bonds. The molecule has 1 fully saturated rings. The zero-order chi connectivity index (χ0) is 16.0. The average Bonchev–Trinajstić information content (AvgIpc) is 3.28. The molecule has 3 nitrogen and oxygen atoms in total. The van der Waals surface area contributed by atoms with E-state index in [-0.39, 0.29) is 11.9 Å². The van der Waals surface area contributed by atoms with Crippen molar-refractivity contribution in [1.82, 2.24) is 0 Å². The smallest absolute Gasteiger partial charge is 0.138 e. The van der Waals surface area contributed by atoms with Gasteiger partial charge in [-0.3, -0.25) is 4.79 Å². The van der Waals surface area contributed by atoms with Crippen LogP contribution in [-0.4, -0.2) is 29.7 Å². The SMILES string of the molecule is CCCCCCCCCCCCC[C@@H](O)CC(=O)C[C@@H]1CO1. The molecular formula is C19H36O3. The summed E-state index contributed by atoms with van der Waals surface area (Å²) >= 11 is 0. The van der Waals surface area contributed by atoms with Crippen LogP contribution < -0.4 is 0 Å². The first-order valence-electron chi connectivity index (χ1n) is 9.53. The first-order chi connectivity index (χ1) is 10.7. The van der Waals surface area contributed by atoms with Crippen molar-refractivity contribution in [1.29, 1.82) is 0 Å². The van der Waals surface area contributed by atoms with Gasteiger partial charge in [-0.05, 0) is 6.42 Å². The lowest BCUT2D eigenvalue weighted by atomic mass is 10.0. The highest BCUT2D eigenvalue weighted by Crippen LogP contribution is 2.17. The van der Waals surface area contributed by atoms with Gasteiger partial charge in [-0.2, -0.15) is 0 Å². The number of unbranched alkanes of at least 4 members (excludes halogenated alkanes) is 10. The van der Waals surface area contributed by atoms with Gasteiger partial charge in [0, 0.05) is 12.8 Å². The largest absolute Gasteiger partial charge is 0.393 e. The van der Waals surface area contributed by atoms with E-state index < -0.39 is 6.10 Å². The molecule has 0 aliphatic carbocycles. The van der Waals surface area contributed by atoms with Gasteiger partial charge in [0.05, 0.1) is 18.8 Å². The van der Waals surface area contributed by atoms with Crippen LogP contribution in [-0.2, 0) is 9.53 Å². The van der Waals surface area contributed by atoms with Gasteiger partial charge in [0.15, 0.2) is 0 Å². The lowest BCUT2D eigenvalue weighted by Gasteiger charge is -2.09. The van der Waals surface area contributed by atoms with Crippen LogP contribution in [0.3, 0.4) is 0 Å². The van der Waals surface area contributed by atoms with Gasteiger partial charge < -0.3 is 9.84 Å². The van der Waals surface area contributed by atoms with Crippen molar-refractivity contribution in [3.8, 4) is 0 Å². The third-order valence-corrected chi connectivity index (χ3v) is 4.46. The van der Waals surface area contributed by atoms with Gasteiger partial charge >= 0.3 is 0 Å². The number of epoxide rings is 1. The molecule has 1 aliphatic heterocycles. The molecule has 130 valence electrons. The number of aliphatic hydroxyl groups excluding tert-OH is 1. The van der Waals surface area contributed by atoms with Crippen LogP contribution in [0.5, 0.6) is 0 Å². The van der Waals surface area contributed by atoms with Crippen molar-refractivity contribution in [2.75, 3.05) is 6.61 Å². The Morgan fingerprint density at radius 2 is 1.50 bits per heavy atom. The van der Waals surface area contributed by atoms with Crippen molar-refractivity contribution in [2.45, 2.75) is 109 Å². The zero-order valence-electron chi connectivity index (χ0n) is 14.5. The second-order valence-corrected chi connectivity index (χ2v) is 6.88. The summed E-state index contributed by atoms with van der Waals surface area (Å²) in [7, 11) is 0. The fraction of sp³-hybridized carbons (Fsp3) is 0.947. The van der Waals surface area contributed by atoms with E-state index in [0.717, 1.165) is 19.4 Å². The Morgan fingerprint density at radius 1 is 1.00 bits per heavy atom. The highest BCUT2D eigenvalue weighted by atomic mass is 16.6. The predicted molar refractivity (Wildman–Crippen MR) is 91.1 cm³/mol. The minimum Gasteiger partial charge on any atom is -0.393 e. The van der Waals surface area contributed by atoms with Gasteiger partial charge in [-0.15, -0.1) is 0 Å². The molecule has 0 bridgehead atoms. The van der Waals surface area contributed by atoms with Crippen molar-refractivity contribution in [3.63, 3.8) is 0 Å². The van der Waals surface area contributed by atoms with E-state index in [0.29, 0.717) is 12.8 Å². The molecule has 0 unspecified atom stereocenters. The minimum absolute atomic E-state index is 0.151. The normalized spacial score (nSPS) is 18.4. The molecule has 0 saturated carbocycles. The van der Waals surface area contributed by atoms with Gasteiger partial charge in [-0.25, -0.2) is 0 Å². The quantitative estimate of drug-likeness (QED) is 0.329. The molecular weight excluding hydrogens is 276 g/mol. The number of carbonyl (C=O) groups excluding carboxylic acids is 1. The average molecular weight is 312 g/mol. The molecule has 22 heavy (non-hydrogen) atoms. The maximum absolute atomic E-state index is 11.6. The van der Waals surface area contributed by atoms with Gasteiger partial charge in [0.1, 0.15) is 5.78 Å². The molecule has 1 N–H and O–H groups in total. The molecule has 1 aliphatic rings. The topological polar surface area (TPSA) is 49.8 Å². The Bertz CT molecular complexity index is 274. The molecule has 0 spiro atoms. The summed E-state index contributed by atoms with van der Waals surface area (Å²) in [6.07, 6.45) is 15.8. The third kappa shape index (κ3) is 12.2. The molecule has 1 rings (SSSR count). The number of rotatable bonds is 16. The van der Waals surface area contributed by atoms with E-state index >= 15 is 0 Å².